The molecule has 8 heteroatoms. The summed E-state index contributed by atoms with van der Waals surface area (Å²) in [7, 11) is 4.30. The van der Waals surface area contributed by atoms with Crippen molar-refractivity contribution in [1.29, 1.82) is 0 Å². The second kappa shape index (κ2) is 7.94. The van der Waals surface area contributed by atoms with Crippen LogP contribution in [0.1, 0.15) is 32.2 Å². The van der Waals surface area contributed by atoms with E-state index in [1.54, 1.807) is 0 Å². The quantitative estimate of drug-likeness (QED) is 0.576. The molecule has 0 spiro atoms. The number of quaternary nitrogens is 2. The van der Waals surface area contributed by atoms with Gasteiger partial charge in [0.2, 0.25) is 0 Å². The fourth-order valence-electron chi connectivity index (χ4n) is 4.96. The van der Waals surface area contributed by atoms with Gasteiger partial charge in [0, 0.05) is 10.8 Å². The number of hydrogen-bond acceptors (Lipinski definition) is 4. The van der Waals surface area contributed by atoms with E-state index in [0.29, 0.717) is 33.8 Å². The van der Waals surface area contributed by atoms with E-state index >= 15 is 0 Å². The van der Waals surface area contributed by atoms with E-state index < -0.39 is 0 Å². The molecule has 4 heterocycles. The lowest BCUT2D eigenvalue weighted by Crippen LogP contribution is -3.12. The maximum atomic E-state index is 13.3. The van der Waals surface area contributed by atoms with Crippen LogP contribution in [-0.2, 0) is 0 Å². The van der Waals surface area contributed by atoms with Gasteiger partial charge in [-0.1, -0.05) is 0 Å². The van der Waals surface area contributed by atoms with Crippen LogP contribution in [0.25, 0.3) is 21.9 Å². The number of aryl methyl sites for hydroxylation is 2. The number of furan rings is 2. The standard InChI is InChI=1S/C24H30N4O4/c1-15-21(23(29)27-9-5-25(3)6-10-27)17-13-20-18(14-19(17)31-15)22(16(2)32-20)24(30)28-11-7-26(4)8-12-28/h13-14H,5-12H2,1-4H3/p+2. The van der Waals surface area contributed by atoms with Gasteiger partial charge in [0.1, 0.15) is 22.7 Å². The fraction of sp³-hybridized carbons (Fsp3) is 0.500. The number of amides is 2. The smallest absolute Gasteiger partial charge is 0.258 e. The minimum atomic E-state index is 0.00705. The Balaban J connectivity index is 1.53. The molecule has 1 aromatic carbocycles. The molecule has 32 heavy (non-hydrogen) atoms. The molecule has 2 aliphatic heterocycles. The van der Waals surface area contributed by atoms with Gasteiger partial charge in [-0.2, -0.15) is 0 Å². The second-order valence-corrected chi connectivity index (χ2v) is 9.41. The van der Waals surface area contributed by atoms with Crippen molar-refractivity contribution in [3.05, 3.63) is 34.8 Å². The van der Waals surface area contributed by atoms with Gasteiger partial charge in [-0.05, 0) is 26.0 Å². The van der Waals surface area contributed by atoms with Gasteiger partial charge in [-0.25, -0.2) is 0 Å². The van der Waals surface area contributed by atoms with Crippen LogP contribution in [0.3, 0.4) is 0 Å². The first-order valence-corrected chi connectivity index (χ1v) is 11.5. The zero-order valence-corrected chi connectivity index (χ0v) is 19.3. The molecule has 2 N–H and O–H groups in total. The van der Waals surface area contributed by atoms with Gasteiger partial charge >= 0.3 is 0 Å². The van der Waals surface area contributed by atoms with Crippen molar-refractivity contribution in [3.8, 4) is 0 Å². The molecule has 2 saturated heterocycles. The zero-order chi connectivity index (χ0) is 22.6. The van der Waals surface area contributed by atoms with E-state index in [1.165, 1.54) is 9.80 Å². The van der Waals surface area contributed by atoms with Crippen molar-refractivity contribution in [2.24, 2.45) is 0 Å². The summed E-state index contributed by atoms with van der Waals surface area (Å²) in [5.74, 6) is 1.23. The molecule has 0 unspecified atom stereocenters. The maximum absolute atomic E-state index is 13.3. The predicted octanol–water partition coefficient (Wildman–Crippen LogP) is -0.263. The molecule has 5 rings (SSSR count). The topological polar surface area (TPSA) is 75.8 Å². The Morgan fingerprint density at radius 1 is 0.719 bits per heavy atom. The summed E-state index contributed by atoms with van der Waals surface area (Å²) >= 11 is 0. The third kappa shape index (κ3) is 3.47. The van der Waals surface area contributed by atoms with Crippen molar-refractivity contribution < 1.29 is 28.2 Å². The van der Waals surface area contributed by atoms with Crippen molar-refractivity contribution >= 4 is 33.8 Å². The van der Waals surface area contributed by atoms with Gasteiger partial charge in [-0.3, -0.25) is 9.59 Å². The van der Waals surface area contributed by atoms with Crippen LogP contribution in [0.15, 0.2) is 21.0 Å². The molecule has 0 bridgehead atoms. The lowest BCUT2D eigenvalue weighted by molar-refractivity contribution is -0.883. The van der Waals surface area contributed by atoms with Crippen molar-refractivity contribution in [2.45, 2.75) is 13.8 Å². The van der Waals surface area contributed by atoms with Crippen molar-refractivity contribution in [2.75, 3.05) is 66.5 Å². The first kappa shape index (κ1) is 21.0. The number of carbonyl (C=O) groups excluding carboxylic acids is 2. The molecular formula is C24H32N4O4+2. The van der Waals surface area contributed by atoms with Crippen LogP contribution < -0.4 is 9.80 Å². The normalized spacial score (nSPS) is 18.8. The predicted molar refractivity (Wildman–Crippen MR) is 121 cm³/mol. The highest BCUT2D eigenvalue weighted by Crippen LogP contribution is 2.35. The summed E-state index contributed by atoms with van der Waals surface area (Å²) in [4.78, 5) is 33.3. The van der Waals surface area contributed by atoms with Crippen LogP contribution >= 0.6 is 0 Å². The second-order valence-electron chi connectivity index (χ2n) is 9.41. The number of piperazine rings is 2. The maximum Gasteiger partial charge on any atom is 0.258 e. The molecule has 8 nitrogen and oxygen atoms in total. The number of carbonyl (C=O) groups is 2. The highest BCUT2D eigenvalue weighted by atomic mass is 16.3. The number of rotatable bonds is 2. The van der Waals surface area contributed by atoms with Crippen LogP contribution in [-0.4, -0.2) is 88.1 Å². The average Bonchev–Trinajstić information content (AvgIpc) is 3.26. The van der Waals surface area contributed by atoms with Crippen LogP contribution in [0.2, 0.25) is 0 Å². The molecule has 2 aromatic heterocycles. The monoisotopic (exact) mass is 440 g/mol. The third-order valence-electron chi connectivity index (χ3n) is 7.09. The Hall–Kier alpha value is -2.84. The Kier molecular flexibility index (Phi) is 5.22. The largest absolute Gasteiger partial charge is 0.460 e. The third-order valence-corrected chi connectivity index (χ3v) is 7.09. The van der Waals surface area contributed by atoms with Crippen LogP contribution in [0, 0.1) is 13.8 Å². The SMILES string of the molecule is Cc1oc2cc3c(C(=O)N4CC[NH+](C)CC4)c(C)oc3cc2c1C(=O)N1CC[NH+](C)CC1. The van der Waals surface area contributed by atoms with E-state index in [9.17, 15) is 9.59 Å². The Labute approximate surface area is 187 Å². The number of benzene rings is 1. The number of nitrogens with one attached hydrogen (secondary N) is 2. The zero-order valence-electron chi connectivity index (χ0n) is 19.3. The molecule has 0 radical (unpaired) electrons. The van der Waals surface area contributed by atoms with Gasteiger partial charge in [-0.15, -0.1) is 0 Å². The molecular weight excluding hydrogens is 408 g/mol. The summed E-state index contributed by atoms with van der Waals surface area (Å²) < 4.78 is 12.0. The van der Waals surface area contributed by atoms with Crippen LogP contribution in [0.5, 0.6) is 0 Å². The Bertz CT molecular complexity index is 1100. The highest BCUT2D eigenvalue weighted by Gasteiger charge is 2.30. The Morgan fingerprint density at radius 3 is 1.41 bits per heavy atom. The summed E-state index contributed by atoms with van der Waals surface area (Å²) in [6.07, 6.45) is 0. The first-order chi connectivity index (χ1) is 15.3. The van der Waals surface area contributed by atoms with Crippen molar-refractivity contribution in [1.82, 2.24) is 9.80 Å². The average molecular weight is 441 g/mol. The highest BCUT2D eigenvalue weighted by molar-refractivity contribution is 6.14. The molecule has 170 valence electrons. The molecule has 3 aromatic rings. The minimum Gasteiger partial charge on any atom is -0.460 e. The molecule has 2 fully saturated rings. The minimum absolute atomic E-state index is 0.00705. The molecule has 2 aliphatic rings. The van der Waals surface area contributed by atoms with Crippen molar-refractivity contribution in [3.63, 3.8) is 0 Å². The number of fused-ring (bicyclic) bond motifs is 2. The van der Waals surface area contributed by atoms with E-state index in [4.69, 9.17) is 8.83 Å². The summed E-state index contributed by atoms with van der Waals surface area (Å²) in [5, 5.41) is 1.50. The van der Waals surface area contributed by atoms with Gasteiger partial charge in [0.15, 0.2) is 0 Å². The number of nitrogens with zero attached hydrogens (tertiary/aromatic N) is 2. The molecule has 2 amide bonds. The van der Waals surface area contributed by atoms with Gasteiger partial charge in [0.25, 0.3) is 11.8 Å². The fourth-order valence-corrected chi connectivity index (χ4v) is 4.96. The number of likely N-dealkylation sites (N-methyl/N-ethyl adjacent to an activating group) is 2. The van der Waals surface area contributed by atoms with E-state index in [0.717, 1.165) is 63.1 Å². The lowest BCUT2D eigenvalue weighted by Gasteiger charge is -2.30. The summed E-state index contributed by atoms with van der Waals surface area (Å²) in [6.45, 7) is 10.4. The van der Waals surface area contributed by atoms with Gasteiger partial charge < -0.3 is 28.4 Å². The molecule has 0 atom stereocenters. The molecule has 0 aliphatic carbocycles. The first-order valence-electron chi connectivity index (χ1n) is 11.5. The molecule has 0 saturated carbocycles. The van der Waals surface area contributed by atoms with E-state index in [-0.39, 0.29) is 11.8 Å². The van der Waals surface area contributed by atoms with Crippen LogP contribution in [0.4, 0.5) is 0 Å². The summed E-state index contributed by atoms with van der Waals surface area (Å²) in [5.41, 5.74) is 2.45. The van der Waals surface area contributed by atoms with Gasteiger partial charge in [0.05, 0.1) is 77.6 Å². The van der Waals surface area contributed by atoms with E-state index in [2.05, 4.69) is 14.1 Å². The number of hydrogen-bond donors (Lipinski definition) is 2. The summed E-state index contributed by atoms with van der Waals surface area (Å²) in [6, 6.07) is 3.74. The van der Waals surface area contributed by atoms with E-state index in [1.807, 2.05) is 35.8 Å². The lowest BCUT2D eigenvalue weighted by atomic mass is 10.0. The Morgan fingerprint density at radius 2 is 1.06 bits per heavy atom.